The van der Waals surface area contributed by atoms with Gasteiger partial charge in [0, 0.05) is 17.6 Å². The first-order valence-electron chi connectivity index (χ1n) is 9.34. The molecule has 1 saturated heterocycles. The Morgan fingerprint density at radius 1 is 1.32 bits per heavy atom. The summed E-state index contributed by atoms with van der Waals surface area (Å²) in [6, 6.07) is 7.49. The predicted molar refractivity (Wildman–Crippen MR) is 109 cm³/mol. The first kappa shape index (κ1) is 20.9. The number of nitrogens with zero attached hydrogens (tertiary/aromatic N) is 3. The molecule has 0 saturated carbocycles. The van der Waals surface area contributed by atoms with Gasteiger partial charge in [-0.2, -0.15) is 0 Å². The Balaban J connectivity index is 1.65. The van der Waals surface area contributed by atoms with E-state index in [1.807, 2.05) is 45.0 Å². The summed E-state index contributed by atoms with van der Waals surface area (Å²) in [5.74, 6) is 0.642. The number of hydrogen-bond donors (Lipinski definition) is 0. The molecule has 0 spiro atoms. The lowest BCUT2D eigenvalue weighted by molar-refractivity contribution is -0.132. The number of carbonyl (C=O) groups excluding carboxylic acids is 1. The van der Waals surface area contributed by atoms with Crippen LogP contribution in [0.5, 0.6) is 0 Å². The Morgan fingerprint density at radius 2 is 2.04 bits per heavy atom. The minimum Gasteiger partial charge on any atom is -0.411 e. The van der Waals surface area contributed by atoms with E-state index in [9.17, 15) is 13.2 Å². The number of carbonyl (C=O) groups is 1. The lowest BCUT2D eigenvalue weighted by atomic mass is 10.1. The Hall–Kier alpha value is -1.87. The van der Waals surface area contributed by atoms with Crippen LogP contribution in [0.2, 0.25) is 0 Å². The number of thioether (sulfide) groups is 1. The molecule has 1 fully saturated rings. The molecule has 2 atom stereocenters. The zero-order chi connectivity index (χ0) is 20.3. The fourth-order valence-electron chi connectivity index (χ4n) is 3.28. The van der Waals surface area contributed by atoms with Gasteiger partial charge < -0.3 is 9.32 Å². The second kappa shape index (κ2) is 8.65. The number of sulfone groups is 1. The Kier molecular flexibility index (Phi) is 6.44. The third kappa shape index (κ3) is 4.94. The van der Waals surface area contributed by atoms with Crippen molar-refractivity contribution in [2.45, 2.75) is 50.9 Å². The first-order valence-corrected chi connectivity index (χ1v) is 12.1. The van der Waals surface area contributed by atoms with Crippen molar-refractivity contribution in [3.8, 4) is 11.5 Å². The summed E-state index contributed by atoms with van der Waals surface area (Å²) in [5.41, 5.74) is 1.97. The number of amides is 1. The molecule has 0 N–H and O–H groups in total. The zero-order valence-electron chi connectivity index (χ0n) is 16.3. The first-order chi connectivity index (χ1) is 13.3. The van der Waals surface area contributed by atoms with Gasteiger partial charge >= 0.3 is 0 Å². The van der Waals surface area contributed by atoms with Crippen LogP contribution in [-0.4, -0.2) is 58.8 Å². The lowest BCUT2D eigenvalue weighted by Crippen LogP contribution is -2.47. The number of aromatic nitrogens is 2. The van der Waals surface area contributed by atoms with Gasteiger partial charge in [0.25, 0.3) is 5.22 Å². The largest absolute Gasteiger partial charge is 0.411 e. The molecule has 152 valence electrons. The van der Waals surface area contributed by atoms with E-state index in [1.54, 1.807) is 4.90 Å². The second-order valence-electron chi connectivity index (χ2n) is 7.14. The maximum Gasteiger partial charge on any atom is 0.277 e. The monoisotopic (exact) mass is 423 g/mol. The third-order valence-corrected chi connectivity index (χ3v) is 7.53. The fourth-order valence-corrected chi connectivity index (χ4v) is 5.62. The lowest BCUT2D eigenvalue weighted by Gasteiger charge is -2.33. The van der Waals surface area contributed by atoms with Crippen LogP contribution >= 0.6 is 11.8 Å². The van der Waals surface area contributed by atoms with Gasteiger partial charge in [0.05, 0.1) is 17.3 Å². The minimum absolute atomic E-state index is 0.0165. The molecule has 9 heteroatoms. The molecule has 0 bridgehead atoms. The van der Waals surface area contributed by atoms with Crippen LogP contribution in [0.3, 0.4) is 0 Å². The molecule has 1 aliphatic rings. The number of rotatable bonds is 7. The van der Waals surface area contributed by atoms with E-state index in [2.05, 4.69) is 10.2 Å². The zero-order valence-corrected chi connectivity index (χ0v) is 17.9. The molecule has 0 radical (unpaired) electrons. The summed E-state index contributed by atoms with van der Waals surface area (Å²) < 4.78 is 29.3. The molecular weight excluding hydrogens is 398 g/mol. The Bertz CT molecular complexity index is 925. The van der Waals surface area contributed by atoms with Crippen molar-refractivity contribution in [3.05, 3.63) is 29.8 Å². The molecule has 0 aliphatic carbocycles. The van der Waals surface area contributed by atoms with Crippen molar-refractivity contribution >= 4 is 27.5 Å². The molecule has 3 rings (SSSR count). The van der Waals surface area contributed by atoms with Gasteiger partial charge in [-0.25, -0.2) is 8.42 Å². The van der Waals surface area contributed by atoms with Gasteiger partial charge in [-0.1, -0.05) is 36.4 Å². The van der Waals surface area contributed by atoms with Crippen LogP contribution in [-0.2, 0) is 14.6 Å². The molecule has 2 heterocycles. The van der Waals surface area contributed by atoms with Gasteiger partial charge in [-0.05, 0) is 38.8 Å². The summed E-state index contributed by atoms with van der Waals surface area (Å²) in [4.78, 5) is 14.6. The van der Waals surface area contributed by atoms with Crippen molar-refractivity contribution < 1.29 is 17.6 Å². The number of benzene rings is 1. The van der Waals surface area contributed by atoms with E-state index in [-0.39, 0.29) is 35.2 Å². The highest BCUT2D eigenvalue weighted by Crippen LogP contribution is 2.26. The van der Waals surface area contributed by atoms with Crippen molar-refractivity contribution in [2.75, 3.05) is 17.3 Å². The summed E-state index contributed by atoms with van der Waals surface area (Å²) in [6.45, 7) is 5.95. The third-order valence-electron chi connectivity index (χ3n) is 4.98. The molecule has 28 heavy (non-hydrogen) atoms. The standard InChI is InChI=1S/C19H25N3O4S2/c1-4-14(3)22(16-9-10-28(24,25)12-16)17(23)11-27-19-21-20-18(26-19)15-7-5-13(2)6-8-15/h5-8,14,16H,4,9-12H2,1-3H3/t14-,16+/m0/s1. The highest BCUT2D eigenvalue weighted by Gasteiger charge is 2.36. The van der Waals surface area contributed by atoms with Crippen LogP contribution in [0, 0.1) is 6.92 Å². The van der Waals surface area contributed by atoms with Crippen molar-refractivity contribution in [1.82, 2.24) is 15.1 Å². The van der Waals surface area contributed by atoms with Crippen LogP contribution in [0.4, 0.5) is 0 Å². The average molecular weight is 424 g/mol. The van der Waals surface area contributed by atoms with E-state index in [0.29, 0.717) is 17.5 Å². The highest BCUT2D eigenvalue weighted by atomic mass is 32.2. The molecule has 0 unspecified atom stereocenters. The summed E-state index contributed by atoms with van der Waals surface area (Å²) in [7, 11) is -3.05. The quantitative estimate of drug-likeness (QED) is 0.632. The van der Waals surface area contributed by atoms with Gasteiger partial charge in [0.15, 0.2) is 9.84 Å². The van der Waals surface area contributed by atoms with Crippen molar-refractivity contribution in [3.63, 3.8) is 0 Å². The van der Waals surface area contributed by atoms with Gasteiger partial charge in [0.2, 0.25) is 11.8 Å². The van der Waals surface area contributed by atoms with Crippen LogP contribution in [0.15, 0.2) is 33.9 Å². The molecule has 1 amide bonds. The topological polar surface area (TPSA) is 93.4 Å². The van der Waals surface area contributed by atoms with Gasteiger partial charge in [-0.3, -0.25) is 4.79 Å². The van der Waals surface area contributed by atoms with E-state index < -0.39 is 9.84 Å². The maximum absolute atomic E-state index is 12.8. The summed E-state index contributed by atoms with van der Waals surface area (Å²) >= 11 is 1.18. The molecule has 1 aromatic carbocycles. The smallest absolute Gasteiger partial charge is 0.277 e. The SMILES string of the molecule is CC[C@H](C)N(C(=O)CSc1nnc(-c2ccc(C)cc2)o1)[C@@H]1CCS(=O)(=O)C1. The minimum atomic E-state index is -3.05. The maximum atomic E-state index is 12.8. The van der Waals surface area contributed by atoms with E-state index >= 15 is 0 Å². The average Bonchev–Trinajstić information content (AvgIpc) is 3.27. The normalized spacial score (nSPS) is 19.5. The Labute approximate surface area is 169 Å². The van der Waals surface area contributed by atoms with Crippen LogP contribution in [0.25, 0.3) is 11.5 Å². The number of aryl methyl sites for hydroxylation is 1. The predicted octanol–water partition coefficient (Wildman–Crippen LogP) is 2.95. The van der Waals surface area contributed by atoms with E-state index in [0.717, 1.165) is 17.5 Å². The van der Waals surface area contributed by atoms with E-state index in [4.69, 9.17) is 4.42 Å². The summed E-state index contributed by atoms with van der Waals surface area (Å²) in [5, 5.41) is 8.38. The molecule has 1 aliphatic heterocycles. The molecule has 2 aromatic rings. The Morgan fingerprint density at radius 3 is 2.64 bits per heavy atom. The van der Waals surface area contributed by atoms with Crippen LogP contribution in [0.1, 0.15) is 32.3 Å². The fraction of sp³-hybridized carbons (Fsp3) is 0.526. The molecular formula is C19H25N3O4S2. The van der Waals surface area contributed by atoms with E-state index in [1.165, 1.54) is 11.8 Å². The van der Waals surface area contributed by atoms with Crippen molar-refractivity contribution in [1.29, 1.82) is 0 Å². The van der Waals surface area contributed by atoms with Gasteiger partial charge in [0.1, 0.15) is 0 Å². The second-order valence-corrected chi connectivity index (χ2v) is 10.3. The number of hydrogen-bond acceptors (Lipinski definition) is 7. The van der Waals surface area contributed by atoms with Crippen molar-refractivity contribution in [2.24, 2.45) is 0 Å². The summed E-state index contributed by atoms with van der Waals surface area (Å²) in [6.07, 6.45) is 1.27. The highest BCUT2D eigenvalue weighted by molar-refractivity contribution is 7.99. The van der Waals surface area contributed by atoms with Crippen LogP contribution < -0.4 is 0 Å². The molecule has 1 aromatic heterocycles. The molecule has 7 nitrogen and oxygen atoms in total. The van der Waals surface area contributed by atoms with Gasteiger partial charge in [-0.15, -0.1) is 10.2 Å².